The van der Waals surface area contributed by atoms with Crippen LogP contribution < -0.4 is 20.1 Å². The van der Waals surface area contributed by atoms with Gasteiger partial charge in [0.1, 0.15) is 5.75 Å². The van der Waals surface area contributed by atoms with Gasteiger partial charge in [0.15, 0.2) is 7.14 Å². The number of hydrogen-bond acceptors (Lipinski definition) is 4. The minimum atomic E-state index is -7.40. The van der Waals surface area contributed by atoms with Crippen molar-refractivity contribution in [1.29, 1.82) is 0 Å². The van der Waals surface area contributed by atoms with Gasteiger partial charge in [0, 0.05) is 15.9 Å². The minimum Gasteiger partial charge on any atom is -0.378 e. The summed E-state index contributed by atoms with van der Waals surface area (Å²) in [7, 11) is -10.3. The van der Waals surface area contributed by atoms with Crippen molar-refractivity contribution in [2.24, 2.45) is 0 Å². The Morgan fingerprint density at radius 2 is 0.979 bits per heavy atom. The molecule has 15 heteroatoms. The Morgan fingerprint density at radius 3 is 1.49 bits per heavy atom. The van der Waals surface area contributed by atoms with E-state index in [1.807, 2.05) is 12.1 Å². The molecule has 0 saturated carbocycles. The van der Waals surface area contributed by atoms with E-state index in [9.17, 15) is 52.5 Å². The first-order valence-electron chi connectivity index (χ1n) is 13.3. The lowest BCUT2D eigenvalue weighted by atomic mass is 10.0. The third kappa shape index (κ3) is 5.78. The molecule has 0 aliphatic rings. The molecule has 0 radical (unpaired) electrons. The summed E-state index contributed by atoms with van der Waals surface area (Å²) in [5.74, 6) is -15.9. The lowest BCUT2D eigenvalue weighted by molar-refractivity contribution is -0.382. The molecule has 0 aliphatic heterocycles. The van der Waals surface area contributed by atoms with Crippen molar-refractivity contribution in [2.75, 3.05) is 0 Å². The quantitative estimate of drug-likeness (QED) is 0.0882. The molecule has 5 rings (SSSR count). The fourth-order valence-corrected chi connectivity index (χ4v) is 8.33. The first-order valence-corrected chi connectivity index (χ1v) is 16.4. The smallest absolute Gasteiger partial charge is 0.378 e. The van der Waals surface area contributed by atoms with Crippen molar-refractivity contribution < 1.29 is 56.7 Å². The van der Waals surface area contributed by atoms with E-state index in [1.54, 1.807) is 84.9 Å². The maximum Gasteiger partial charge on any atom is 0.460 e. The van der Waals surface area contributed by atoms with Crippen LogP contribution in [0.5, 0.6) is 5.75 Å². The van der Waals surface area contributed by atoms with E-state index in [4.69, 9.17) is 0 Å². The molecule has 47 heavy (non-hydrogen) atoms. The first-order chi connectivity index (χ1) is 21.8. The van der Waals surface area contributed by atoms with Gasteiger partial charge in [-0.1, -0.05) is 97.1 Å². The molecule has 0 fully saturated rings. The third-order valence-electron chi connectivity index (χ3n) is 7.25. The topological polar surface area (TPSA) is 60.4 Å². The molecule has 0 aliphatic carbocycles. The van der Waals surface area contributed by atoms with Crippen molar-refractivity contribution in [2.45, 2.75) is 23.3 Å². The zero-order valence-corrected chi connectivity index (χ0v) is 25.1. The summed E-state index contributed by atoms with van der Waals surface area (Å²) in [5, 5.41) is -3.78. The van der Waals surface area contributed by atoms with E-state index in [0.29, 0.717) is 37.8 Å². The van der Waals surface area contributed by atoms with E-state index in [1.165, 1.54) is 0 Å². The summed E-state index contributed by atoms with van der Waals surface area (Å²) in [6, 6.07) is 31.9. The first kappa shape index (κ1) is 34.1. The van der Waals surface area contributed by atoms with Gasteiger partial charge in [0.25, 0.3) is 0 Å². The Balaban J connectivity index is 1.43. The van der Waals surface area contributed by atoms with Gasteiger partial charge in [-0.05, 0) is 46.2 Å². The van der Waals surface area contributed by atoms with Crippen molar-refractivity contribution in [1.82, 2.24) is 0 Å². The zero-order chi connectivity index (χ0) is 34.5. The summed E-state index contributed by atoms with van der Waals surface area (Å²) in [6.45, 7) is 0. The molecule has 246 valence electrons. The molecule has 0 atom stereocenters. The summed E-state index contributed by atoms with van der Waals surface area (Å²) in [5.41, 5.74) is 0.830. The van der Waals surface area contributed by atoms with Gasteiger partial charge in [-0.3, -0.25) is 0 Å². The zero-order valence-electron chi connectivity index (χ0n) is 23.4. The molecule has 0 heterocycles. The summed E-state index contributed by atoms with van der Waals surface area (Å²) in [4.78, 5) is 0. The molecule has 0 saturated heterocycles. The summed E-state index contributed by atoms with van der Waals surface area (Å²) >= 11 is 0. The maximum atomic E-state index is 14.7. The molecular weight excluding hydrogens is 682 g/mol. The van der Waals surface area contributed by atoms with Crippen LogP contribution in [0.2, 0.25) is 0 Å². The van der Waals surface area contributed by atoms with E-state index in [0.717, 1.165) is 24.3 Å². The predicted molar refractivity (Wildman–Crippen MR) is 159 cm³/mol. The van der Waals surface area contributed by atoms with Gasteiger partial charge >= 0.3 is 33.4 Å². The second-order valence-corrected chi connectivity index (χ2v) is 14.6. The Morgan fingerprint density at radius 1 is 0.511 bits per heavy atom. The highest BCUT2D eigenvalue weighted by atomic mass is 32.2. The third-order valence-corrected chi connectivity index (χ3v) is 11.6. The van der Waals surface area contributed by atoms with E-state index >= 15 is 0 Å². The van der Waals surface area contributed by atoms with Crippen molar-refractivity contribution >= 4 is 43.9 Å². The molecule has 0 aromatic heterocycles. The highest BCUT2D eigenvalue weighted by Crippen LogP contribution is 2.55. The average Bonchev–Trinajstić information content (AvgIpc) is 3.04. The molecule has 5 aromatic carbocycles. The normalized spacial score (nSPS) is 13.5. The van der Waals surface area contributed by atoms with Gasteiger partial charge in [-0.2, -0.15) is 47.9 Å². The SMILES string of the molecule is O=P(c1ccccc1)(c1ccccc1)c1ccc2cc(-c3ccc(OS(=O)(=O)C(F)(F)C(F)(F)C(F)(F)C(F)(F)F)cc3)ccc2c1. The van der Waals surface area contributed by atoms with Gasteiger partial charge in [-0.25, -0.2) is 0 Å². The molecule has 0 N–H and O–H groups in total. The molecule has 0 unspecified atom stereocenters. The summed E-state index contributed by atoms with van der Waals surface area (Å²) in [6.07, 6.45) is -7.19. The number of benzene rings is 5. The number of fused-ring (bicyclic) bond motifs is 1. The van der Waals surface area contributed by atoms with Crippen molar-refractivity contribution in [3.8, 4) is 16.9 Å². The Labute approximate surface area is 261 Å². The number of halogens is 9. The van der Waals surface area contributed by atoms with E-state index in [2.05, 4.69) is 4.18 Å². The average molecular weight is 703 g/mol. The molecule has 0 bridgehead atoms. The van der Waals surface area contributed by atoms with Gasteiger partial charge in [0.2, 0.25) is 0 Å². The van der Waals surface area contributed by atoms with Crippen LogP contribution in [-0.4, -0.2) is 31.7 Å². The Kier molecular flexibility index (Phi) is 8.51. The van der Waals surface area contributed by atoms with Gasteiger partial charge in [-0.15, -0.1) is 0 Å². The van der Waals surface area contributed by atoms with Crippen LogP contribution in [0.4, 0.5) is 39.5 Å². The van der Waals surface area contributed by atoms with E-state index < -0.39 is 46.3 Å². The lowest BCUT2D eigenvalue weighted by Gasteiger charge is -2.32. The molecule has 5 aromatic rings. The van der Waals surface area contributed by atoms with Crippen molar-refractivity contribution in [3.05, 3.63) is 121 Å². The van der Waals surface area contributed by atoms with Crippen LogP contribution in [0.25, 0.3) is 21.9 Å². The fourth-order valence-electron chi connectivity index (χ4n) is 4.73. The van der Waals surface area contributed by atoms with Crippen LogP contribution in [-0.2, 0) is 14.7 Å². The van der Waals surface area contributed by atoms with Gasteiger partial charge in [0.05, 0.1) is 0 Å². The Hall–Kier alpha value is -4.29. The Bertz CT molecular complexity index is 2030. The van der Waals surface area contributed by atoms with Crippen LogP contribution in [0, 0.1) is 0 Å². The minimum absolute atomic E-state index is 0.334. The highest BCUT2D eigenvalue weighted by Gasteiger charge is 2.86. The largest absolute Gasteiger partial charge is 0.460 e. The molecule has 0 amide bonds. The lowest BCUT2D eigenvalue weighted by Crippen LogP contribution is -2.63. The monoisotopic (exact) mass is 702 g/mol. The van der Waals surface area contributed by atoms with Crippen LogP contribution >= 0.6 is 7.14 Å². The maximum absolute atomic E-state index is 14.7. The number of hydrogen-bond donors (Lipinski definition) is 0. The number of rotatable bonds is 9. The van der Waals surface area contributed by atoms with Crippen LogP contribution in [0.1, 0.15) is 0 Å². The molecular formula is C32H20F9O4PS. The van der Waals surface area contributed by atoms with Crippen LogP contribution in [0.15, 0.2) is 121 Å². The second kappa shape index (κ2) is 11.7. The number of alkyl halides is 9. The predicted octanol–water partition coefficient (Wildman–Crippen LogP) is 8.28. The van der Waals surface area contributed by atoms with Gasteiger partial charge < -0.3 is 8.75 Å². The molecule has 4 nitrogen and oxygen atoms in total. The fraction of sp³-hybridized carbons (Fsp3) is 0.125. The highest BCUT2D eigenvalue weighted by molar-refractivity contribution is 7.88. The molecule has 0 spiro atoms. The standard InChI is InChI=1S/C32H20F9O4PS/c33-29(34,31(37,38)39)30(35,36)32(40,41)47(43,44)45-25-16-13-21(14-17-25)22-11-12-24-20-28(18-15-23(24)19-22)46(42,26-7-3-1-4-8-26)27-9-5-2-6-10-27/h1-20H. The second-order valence-electron chi connectivity index (χ2n) is 10.3. The summed E-state index contributed by atoms with van der Waals surface area (Å²) < 4.78 is 161. The van der Waals surface area contributed by atoms with Crippen LogP contribution in [0.3, 0.4) is 0 Å². The van der Waals surface area contributed by atoms with E-state index in [-0.39, 0.29) is 0 Å². The van der Waals surface area contributed by atoms with Crippen molar-refractivity contribution in [3.63, 3.8) is 0 Å².